The van der Waals surface area contributed by atoms with Gasteiger partial charge in [0.15, 0.2) is 0 Å². The van der Waals surface area contributed by atoms with Crippen LogP contribution in [0.4, 0.5) is 5.69 Å². The van der Waals surface area contributed by atoms with E-state index in [2.05, 4.69) is 15.7 Å². The third-order valence-electron chi connectivity index (χ3n) is 6.04. The molecule has 2 aliphatic rings. The van der Waals surface area contributed by atoms with Crippen LogP contribution in [0.3, 0.4) is 0 Å². The van der Waals surface area contributed by atoms with Gasteiger partial charge in [-0.1, -0.05) is 19.3 Å². The number of nitrogens with zero attached hydrogens (tertiary/aromatic N) is 2. The molecular weight excluding hydrogens is 352 g/mol. The number of ether oxygens (including phenoxy) is 1. The highest BCUT2D eigenvalue weighted by Crippen LogP contribution is 2.29. The minimum absolute atomic E-state index is 0.0507. The molecule has 1 saturated carbocycles. The van der Waals surface area contributed by atoms with E-state index in [1.165, 1.54) is 32.1 Å². The Balaban J connectivity index is 1.31. The summed E-state index contributed by atoms with van der Waals surface area (Å²) in [6.45, 7) is 2.29. The Morgan fingerprint density at radius 1 is 1.21 bits per heavy atom. The third kappa shape index (κ3) is 4.55. The van der Waals surface area contributed by atoms with Crippen LogP contribution in [-0.2, 0) is 11.8 Å². The fraction of sp³-hybridized carbons (Fsp3) is 0.545. The maximum atomic E-state index is 12.8. The first-order valence-corrected chi connectivity index (χ1v) is 10.4. The Labute approximate surface area is 166 Å². The standard InChI is InChI=1S/C22H30N4O2/c1-26-14-17(11-24-26)20-12-23-13-21(20)22(27)25-18-7-9-19(10-8-18)28-15-16-5-3-2-4-6-16/h7-11,14,16,20-21,23H,2-6,12-13,15H2,1H3,(H,25,27)/t20-,21+/m1/s1. The first-order chi connectivity index (χ1) is 13.7. The zero-order chi connectivity index (χ0) is 19.3. The van der Waals surface area contributed by atoms with Crippen molar-refractivity contribution < 1.29 is 9.53 Å². The van der Waals surface area contributed by atoms with E-state index in [1.54, 1.807) is 4.68 Å². The molecular formula is C22H30N4O2. The first-order valence-electron chi connectivity index (χ1n) is 10.4. The van der Waals surface area contributed by atoms with E-state index < -0.39 is 0 Å². The van der Waals surface area contributed by atoms with Crippen LogP contribution < -0.4 is 15.4 Å². The van der Waals surface area contributed by atoms with Crippen molar-refractivity contribution in [3.05, 3.63) is 42.2 Å². The SMILES string of the molecule is Cn1cc([C@H]2CNC[C@@H]2C(=O)Nc2ccc(OCC3CCCCC3)cc2)cn1. The molecule has 150 valence electrons. The third-order valence-corrected chi connectivity index (χ3v) is 6.04. The average molecular weight is 383 g/mol. The predicted molar refractivity (Wildman–Crippen MR) is 109 cm³/mol. The summed E-state index contributed by atoms with van der Waals surface area (Å²) in [5, 5.41) is 10.6. The predicted octanol–water partition coefficient (Wildman–Crippen LogP) is 3.32. The monoisotopic (exact) mass is 382 g/mol. The van der Waals surface area contributed by atoms with Gasteiger partial charge in [-0.05, 0) is 48.6 Å². The lowest BCUT2D eigenvalue weighted by atomic mass is 9.90. The highest BCUT2D eigenvalue weighted by Gasteiger charge is 2.34. The molecule has 2 fully saturated rings. The minimum Gasteiger partial charge on any atom is -0.493 e. The lowest BCUT2D eigenvalue weighted by Crippen LogP contribution is -2.28. The number of aryl methyl sites for hydroxylation is 1. The number of nitrogens with one attached hydrogen (secondary N) is 2. The second-order valence-corrected chi connectivity index (χ2v) is 8.15. The second kappa shape index (κ2) is 8.78. The van der Waals surface area contributed by atoms with Gasteiger partial charge >= 0.3 is 0 Å². The Morgan fingerprint density at radius 3 is 2.71 bits per heavy atom. The molecule has 1 aliphatic carbocycles. The van der Waals surface area contributed by atoms with Crippen molar-refractivity contribution in [2.45, 2.75) is 38.0 Å². The van der Waals surface area contributed by atoms with E-state index in [0.29, 0.717) is 12.5 Å². The largest absolute Gasteiger partial charge is 0.493 e. The van der Waals surface area contributed by atoms with Gasteiger partial charge in [-0.15, -0.1) is 0 Å². The number of hydrogen-bond acceptors (Lipinski definition) is 4. The van der Waals surface area contributed by atoms with Crippen molar-refractivity contribution in [1.29, 1.82) is 0 Å². The smallest absolute Gasteiger partial charge is 0.229 e. The quantitative estimate of drug-likeness (QED) is 0.804. The number of carbonyl (C=O) groups excluding carboxylic acids is 1. The molecule has 0 spiro atoms. The molecule has 2 aromatic rings. The number of aromatic nitrogens is 2. The summed E-state index contributed by atoms with van der Waals surface area (Å²) in [5.41, 5.74) is 1.92. The van der Waals surface area contributed by atoms with Crippen molar-refractivity contribution in [2.75, 3.05) is 25.0 Å². The highest BCUT2D eigenvalue weighted by molar-refractivity contribution is 5.93. The Bertz CT molecular complexity index is 780. The molecule has 6 heteroatoms. The summed E-state index contributed by atoms with van der Waals surface area (Å²) >= 11 is 0. The lowest BCUT2D eigenvalue weighted by molar-refractivity contribution is -0.119. The summed E-state index contributed by atoms with van der Waals surface area (Å²) in [6, 6.07) is 7.75. The second-order valence-electron chi connectivity index (χ2n) is 8.15. The fourth-order valence-corrected chi connectivity index (χ4v) is 4.37. The molecule has 28 heavy (non-hydrogen) atoms. The van der Waals surface area contributed by atoms with Crippen molar-refractivity contribution in [3.8, 4) is 5.75 Å². The summed E-state index contributed by atoms with van der Waals surface area (Å²) in [7, 11) is 1.90. The molecule has 2 heterocycles. The molecule has 6 nitrogen and oxygen atoms in total. The summed E-state index contributed by atoms with van der Waals surface area (Å²) in [4.78, 5) is 12.8. The van der Waals surface area contributed by atoms with Gasteiger partial charge in [0.2, 0.25) is 5.91 Å². The number of anilines is 1. The Morgan fingerprint density at radius 2 is 2.00 bits per heavy atom. The van der Waals surface area contributed by atoms with Gasteiger partial charge in [0.05, 0.1) is 18.7 Å². The summed E-state index contributed by atoms with van der Waals surface area (Å²) in [6.07, 6.45) is 10.4. The molecule has 4 rings (SSSR count). The number of rotatable bonds is 6. The van der Waals surface area contributed by atoms with Crippen LogP contribution in [0.2, 0.25) is 0 Å². The number of amides is 1. The molecule has 2 N–H and O–H groups in total. The van der Waals surface area contributed by atoms with E-state index in [1.807, 2.05) is 43.7 Å². The van der Waals surface area contributed by atoms with Gasteiger partial charge in [0.25, 0.3) is 0 Å². The molecule has 0 radical (unpaired) electrons. The maximum Gasteiger partial charge on any atom is 0.229 e. The summed E-state index contributed by atoms with van der Waals surface area (Å²) in [5.74, 6) is 1.68. The topological polar surface area (TPSA) is 68.2 Å². The van der Waals surface area contributed by atoms with E-state index >= 15 is 0 Å². The molecule has 1 amide bonds. The zero-order valence-electron chi connectivity index (χ0n) is 16.6. The minimum atomic E-state index is -0.0913. The van der Waals surface area contributed by atoms with Crippen molar-refractivity contribution in [3.63, 3.8) is 0 Å². The van der Waals surface area contributed by atoms with Crippen molar-refractivity contribution in [1.82, 2.24) is 15.1 Å². The van der Waals surface area contributed by atoms with Crippen molar-refractivity contribution in [2.24, 2.45) is 18.9 Å². The van der Waals surface area contributed by atoms with Crippen LogP contribution in [0.5, 0.6) is 5.75 Å². The number of hydrogen-bond donors (Lipinski definition) is 2. The fourth-order valence-electron chi connectivity index (χ4n) is 4.37. The Kier molecular flexibility index (Phi) is 5.95. The van der Waals surface area contributed by atoms with Gasteiger partial charge in [-0.25, -0.2) is 0 Å². The average Bonchev–Trinajstić information content (AvgIpc) is 3.37. The lowest BCUT2D eigenvalue weighted by Gasteiger charge is -2.21. The number of benzene rings is 1. The zero-order valence-corrected chi connectivity index (χ0v) is 16.6. The Hall–Kier alpha value is -2.34. The molecule has 1 aromatic carbocycles. The van der Waals surface area contributed by atoms with E-state index in [9.17, 15) is 4.79 Å². The van der Waals surface area contributed by atoms with Crippen LogP contribution in [0.1, 0.15) is 43.6 Å². The van der Waals surface area contributed by atoms with Crippen LogP contribution in [0, 0.1) is 11.8 Å². The number of carbonyl (C=O) groups is 1. The molecule has 2 atom stereocenters. The molecule has 1 saturated heterocycles. The van der Waals surface area contributed by atoms with Crippen LogP contribution in [-0.4, -0.2) is 35.4 Å². The molecule has 0 unspecified atom stereocenters. The molecule has 1 aromatic heterocycles. The molecule has 1 aliphatic heterocycles. The van der Waals surface area contributed by atoms with E-state index in [4.69, 9.17) is 4.74 Å². The van der Waals surface area contributed by atoms with Crippen LogP contribution >= 0.6 is 0 Å². The normalized spacial score (nSPS) is 22.9. The van der Waals surface area contributed by atoms with E-state index in [-0.39, 0.29) is 17.7 Å². The molecule has 0 bridgehead atoms. The first kappa shape index (κ1) is 19.0. The van der Waals surface area contributed by atoms with Crippen LogP contribution in [0.15, 0.2) is 36.7 Å². The summed E-state index contributed by atoms with van der Waals surface area (Å²) < 4.78 is 7.74. The van der Waals surface area contributed by atoms with Gasteiger partial charge < -0.3 is 15.4 Å². The maximum absolute atomic E-state index is 12.8. The highest BCUT2D eigenvalue weighted by atomic mass is 16.5. The van der Waals surface area contributed by atoms with Gasteiger partial charge in [-0.3, -0.25) is 9.48 Å². The van der Waals surface area contributed by atoms with Gasteiger partial charge in [0.1, 0.15) is 5.75 Å². The van der Waals surface area contributed by atoms with E-state index in [0.717, 1.165) is 30.2 Å². The van der Waals surface area contributed by atoms with Crippen molar-refractivity contribution >= 4 is 11.6 Å². The van der Waals surface area contributed by atoms with Gasteiger partial charge in [-0.2, -0.15) is 5.10 Å². The van der Waals surface area contributed by atoms with Crippen LogP contribution in [0.25, 0.3) is 0 Å². The van der Waals surface area contributed by atoms with Gasteiger partial charge in [0, 0.05) is 37.9 Å².